The van der Waals surface area contributed by atoms with Crippen LogP contribution < -0.4 is 4.74 Å². The number of aryl methyl sites for hydroxylation is 1. The lowest BCUT2D eigenvalue weighted by Gasteiger charge is -2.20. The van der Waals surface area contributed by atoms with Crippen LogP contribution in [-0.2, 0) is 17.4 Å². The van der Waals surface area contributed by atoms with E-state index in [1.165, 1.54) is 12.1 Å². The van der Waals surface area contributed by atoms with Gasteiger partial charge in [0.05, 0.1) is 17.0 Å². The average Bonchev–Trinajstić information content (AvgIpc) is 2.81. The quantitative estimate of drug-likeness (QED) is 0.353. The number of carbonyl (C=O) groups is 1. The molecule has 4 nitrogen and oxygen atoms in total. The first kappa shape index (κ1) is 24.3. The van der Waals surface area contributed by atoms with Crippen LogP contribution in [0.25, 0.3) is 11.3 Å². The molecular formula is C26H26F3NO3. The maximum Gasteiger partial charge on any atom is 0.416 e. The fraction of sp³-hybridized carbons (Fsp3) is 0.308. The van der Waals surface area contributed by atoms with Crippen LogP contribution in [0.4, 0.5) is 13.2 Å². The molecule has 0 saturated carbocycles. The van der Waals surface area contributed by atoms with E-state index in [-0.39, 0.29) is 12.5 Å². The summed E-state index contributed by atoms with van der Waals surface area (Å²) in [7, 11) is 0. The number of hydrogen-bond donors (Lipinski definition) is 1. The van der Waals surface area contributed by atoms with Crippen molar-refractivity contribution in [2.75, 3.05) is 0 Å². The number of carboxylic acid groups (broad SMARTS) is 1. The summed E-state index contributed by atoms with van der Waals surface area (Å²) in [6.45, 7) is 2.08. The molecule has 174 valence electrons. The molecule has 0 aliphatic carbocycles. The topological polar surface area (TPSA) is 59.4 Å². The van der Waals surface area contributed by atoms with Gasteiger partial charge in [0.25, 0.3) is 0 Å². The minimum atomic E-state index is -4.38. The third-order valence-corrected chi connectivity index (χ3v) is 5.26. The molecule has 0 radical (unpaired) electrons. The van der Waals surface area contributed by atoms with Gasteiger partial charge in [0.1, 0.15) is 11.9 Å². The molecule has 3 rings (SSSR count). The molecule has 7 heteroatoms. The van der Waals surface area contributed by atoms with E-state index in [2.05, 4.69) is 11.9 Å². The minimum absolute atomic E-state index is 0.0694. The summed E-state index contributed by atoms with van der Waals surface area (Å²) in [6, 6.07) is 17.7. The lowest BCUT2D eigenvalue weighted by Crippen LogP contribution is -2.10. The van der Waals surface area contributed by atoms with Gasteiger partial charge in [-0.3, -0.25) is 4.79 Å². The second-order valence-corrected chi connectivity index (χ2v) is 7.81. The fourth-order valence-corrected chi connectivity index (χ4v) is 3.43. The molecule has 33 heavy (non-hydrogen) atoms. The van der Waals surface area contributed by atoms with E-state index in [0.29, 0.717) is 29.1 Å². The molecule has 0 amide bonds. The van der Waals surface area contributed by atoms with Gasteiger partial charge >= 0.3 is 12.1 Å². The molecule has 1 atom stereocenters. The van der Waals surface area contributed by atoms with Gasteiger partial charge in [0.15, 0.2) is 0 Å². The highest BCUT2D eigenvalue weighted by Crippen LogP contribution is 2.32. The minimum Gasteiger partial charge on any atom is -0.484 e. The lowest BCUT2D eigenvalue weighted by atomic mass is 10.1. The number of hydrogen-bond acceptors (Lipinski definition) is 3. The van der Waals surface area contributed by atoms with E-state index in [4.69, 9.17) is 9.84 Å². The van der Waals surface area contributed by atoms with E-state index in [0.717, 1.165) is 37.0 Å². The monoisotopic (exact) mass is 457 g/mol. The Labute approximate surface area is 191 Å². The van der Waals surface area contributed by atoms with Gasteiger partial charge in [-0.25, -0.2) is 4.98 Å². The Balaban J connectivity index is 1.79. The van der Waals surface area contributed by atoms with Crippen LogP contribution in [0, 0.1) is 0 Å². The number of unbranched alkanes of at least 4 members (excludes halogenated alkanes) is 1. The maximum absolute atomic E-state index is 12.9. The molecule has 0 bridgehead atoms. The second-order valence-electron chi connectivity index (χ2n) is 7.81. The van der Waals surface area contributed by atoms with Crippen molar-refractivity contribution >= 4 is 5.97 Å². The molecule has 1 heterocycles. The van der Waals surface area contributed by atoms with Crippen molar-refractivity contribution in [2.45, 2.75) is 51.3 Å². The summed E-state index contributed by atoms with van der Waals surface area (Å²) < 4.78 is 44.8. The first-order valence-electron chi connectivity index (χ1n) is 10.9. The highest BCUT2D eigenvalue weighted by atomic mass is 19.4. The summed E-state index contributed by atoms with van der Waals surface area (Å²) in [5, 5.41) is 8.83. The van der Waals surface area contributed by atoms with E-state index < -0.39 is 17.7 Å². The highest BCUT2D eigenvalue weighted by molar-refractivity contribution is 5.67. The molecule has 0 spiro atoms. The average molecular weight is 457 g/mol. The Morgan fingerprint density at radius 1 is 1.03 bits per heavy atom. The molecular weight excluding hydrogens is 431 g/mol. The van der Waals surface area contributed by atoms with Gasteiger partial charge in [-0.15, -0.1) is 0 Å². The van der Waals surface area contributed by atoms with Crippen molar-refractivity contribution in [1.29, 1.82) is 0 Å². The van der Waals surface area contributed by atoms with Crippen molar-refractivity contribution in [1.82, 2.24) is 4.98 Å². The molecule has 0 aliphatic heterocycles. The van der Waals surface area contributed by atoms with Crippen LogP contribution in [0.2, 0.25) is 0 Å². The largest absolute Gasteiger partial charge is 0.484 e. The Hall–Kier alpha value is -3.35. The van der Waals surface area contributed by atoms with Gasteiger partial charge in [0, 0.05) is 12.0 Å². The second kappa shape index (κ2) is 11.0. The van der Waals surface area contributed by atoms with Crippen molar-refractivity contribution in [3.05, 3.63) is 83.6 Å². The van der Waals surface area contributed by atoms with Crippen LogP contribution in [-0.4, -0.2) is 16.1 Å². The van der Waals surface area contributed by atoms with Crippen LogP contribution in [0.3, 0.4) is 0 Å². The number of aliphatic carboxylic acids is 1. The van der Waals surface area contributed by atoms with Crippen molar-refractivity contribution < 1.29 is 27.8 Å². The highest BCUT2D eigenvalue weighted by Gasteiger charge is 2.30. The molecule has 2 aromatic carbocycles. The lowest BCUT2D eigenvalue weighted by molar-refractivity contribution is -0.138. The Morgan fingerprint density at radius 3 is 2.33 bits per heavy atom. The molecule has 1 unspecified atom stereocenters. The van der Waals surface area contributed by atoms with Crippen molar-refractivity contribution in [2.24, 2.45) is 0 Å². The Morgan fingerprint density at radius 2 is 1.73 bits per heavy atom. The summed E-state index contributed by atoms with van der Waals surface area (Å²) >= 11 is 0. The zero-order chi connectivity index (χ0) is 23.8. The Bertz CT molecular complexity index is 1050. The predicted molar refractivity (Wildman–Crippen MR) is 120 cm³/mol. The number of pyridine rings is 1. The maximum atomic E-state index is 12.9. The first-order chi connectivity index (χ1) is 15.8. The number of nitrogens with zero attached hydrogens (tertiary/aromatic N) is 1. The summed E-state index contributed by atoms with van der Waals surface area (Å²) in [5.74, 6) is -0.189. The van der Waals surface area contributed by atoms with E-state index in [9.17, 15) is 18.0 Å². The predicted octanol–water partition coefficient (Wildman–Crippen LogP) is 7.09. The number of benzene rings is 2. The number of alkyl halides is 3. The van der Waals surface area contributed by atoms with E-state index >= 15 is 0 Å². The van der Waals surface area contributed by atoms with Gasteiger partial charge in [0.2, 0.25) is 0 Å². The summed E-state index contributed by atoms with van der Waals surface area (Å²) in [4.78, 5) is 15.4. The smallest absolute Gasteiger partial charge is 0.416 e. The normalized spacial score (nSPS) is 12.4. The van der Waals surface area contributed by atoms with Crippen LogP contribution >= 0.6 is 0 Å². The molecule has 1 aromatic heterocycles. The van der Waals surface area contributed by atoms with E-state index in [1.807, 2.05) is 36.4 Å². The van der Waals surface area contributed by atoms with Crippen molar-refractivity contribution in [3.8, 4) is 17.0 Å². The van der Waals surface area contributed by atoms with Crippen LogP contribution in [0.5, 0.6) is 5.75 Å². The van der Waals surface area contributed by atoms with Gasteiger partial charge in [-0.05, 0) is 61.2 Å². The van der Waals surface area contributed by atoms with Crippen LogP contribution in [0.15, 0.2) is 66.7 Å². The fourth-order valence-electron chi connectivity index (χ4n) is 3.43. The summed E-state index contributed by atoms with van der Waals surface area (Å²) in [6.07, 6.45) is -1.54. The van der Waals surface area contributed by atoms with Crippen molar-refractivity contribution in [3.63, 3.8) is 0 Å². The Kier molecular flexibility index (Phi) is 8.09. The van der Waals surface area contributed by atoms with Gasteiger partial charge in [-0.2, -0.15) is 13.2 Å². The van der Waals surface area contributed by atoms with Crippen LogP contribution in [0.1, 0.15) is 55.5 Å². The molecule has 0 saturated heterocycles. The number of aromatic nitrogens is 1. The number of carboxylic acids is 1. The number of ether oxygens (including phenoxy) is 1. The number of rotatable bonds is 10. The number of halogens is 3. The molecule has 0 aliphatic rings. The standard InChI is InChI=1S/C26H26F3NO3/c1-2-3-7-24(33-21-15-8-18(9-16-21)10-17-25(31)32)23-6-4-5-22(30-23)19-11-13-20(14-12-19)26(27,28)29/h4-6,8-9,11-16,24H,2-3,7,10,17H2,1H3,(H,31,32). The first-order valence-corrected chi connectivity index (χ1v) is 10.9. The van der Waals surface area contributed by atoms with Gasteiger partial charge < -0.3 is 9.84 Å². The third-order valence-electron chi connectivity index (χ3n) is 5.26. The molecule has 1 N–H and O–H groups in total. The van der Waals surface area contributed by atoms with Gasteiger partial charge in [-0.1, -0.05) is 43.7 Å². The zero-order valence-corrected chi connectivity index (χ0v) is 18.3. The third kappa shape index (κ3) is 7.07. The molecule has 3 aromatic rings. The van der Waals surface area contributed by atoms with E-state index in [1.54, 1.807) is 6.07 Å². The molecule has 0 fully saturated rings. The zero-order valence-electron chi connectivity index (χ0n) is 18.3. The summed E-state index contributed by atoms with van der Waals surface area (Å²) in [5.41, 5.74) is 2.10. The SMILES string of the molecule is CCCCC(Oc1ccc(CCC(=O)O)cc1)c1cccc(-c2ccc(C(F)(F)F)cc2)n1.